The van der Waals surface area contributed by atoms with Crippen molar-refractivity contribution in [2.45, 2.75) is 6.42 Å². The third kappa shape index (κ3) is 3.36. The number of nitro groups is 1. The number of Topliss-reactive ketones (excluding diaryl/α,β-unsaturated/α-hetero) is 1. The fourth-order valence-electron chi connectivity index (χ4n) is 1.87. The van der Waals surface area contributed by atoms with Crippen LogP contribution in [-0.4, -0.2) is 17.8 Å². The van der Waals surface area contributed by atoms with Gasteiger partial charge in [0.25, 0.3) is 5.69 Å². The smallest absolute Gasteiger partial charge is 0.269 e. The van der Waals surface area contributed by atoms with Crippen LogP contribution in [0, 0.1) is 10.1 Å². The first kappa shape index (κ1) is 14.5. The minimum absolute atomic E-state index is 0.116. The van der Waals surface area contributed by atoms with Crippen LogP contribution in [0.1, 0.15) is 15.9 Å². The number of nitro benzene ring substituents is 1. The summed E-state index contributed by atoms with van der Waals surface area (Å²) in [6.07, 6.45) is -0.174. The van der Waals surface area contributed by atoms with Crippen molar-refractivity contribution in [3.05, 3.63) is 63.7 Å². The van der Waals surface area contributed by atoms with Crippen molar-refractivity contribution < 1.29 is 19.6 Å². The van der Waals surface area contributed by atoms with Gasteiger partial charge in [-0.15, -0.1) is 5.75 Å². The van der Waals surface area contributed by atoms with Crippen LogP contribution in [0.3, 0.4) is 0 Å². The molecule has 0 atom stereocenters. The Kier molecular flexibility index (Phi) is 4.18. The van der Waals surface area contributed by atoms with E-state index in [-0.39, 0.29) is 29.2 Å². The Bertz CT molecular complexity index is 679. The SMILES string of the molecule is COc1ccc(C(=O)Cc2cc([N+](=O)[O-])ccc2[O-])cc1. The van der Waals surface area contributed by atoms with E-state index in [1.165, 1.54) is 7.11 Å². The van der Waals surface area contributed by atoms with Crippen molar-refractivity contribution in [3.63, 3.8) is 0 Å². The molecule has 108 valence electrons. The third-order valence-corrected chi connectivity index (χ3v) is 3.02. The zero-order valence-electron chi connectivity index (χ0n) is 11.2. The average Bonchev–Trinajstić information content (AvgIpc) is 2.49. The predicted octanol–water partition coefficient (Wildman–Crippen LogP) is 2.10. The van der Waals surface area contributed by atoms with Crippen LogP contribution < -0.4 is 9.84 Å². The molecular weight excluding hydrogens is 274 g/mol. The zero-order chi connectivity index (χ0) is 15.4. The maximum atomic E-state index is 12.1. The zero-order valence-corrected chi connectivity index (χ0v) is 11.2. The van der Waals surface area contributed by atoms with Gasteiger partial charge in [0.2, 0.25) is 0 Å². The van der Waals surface area contributed by atoms with E-state index in [0.29, 0.717) is 11.3 Å². The van der Waals surface area contributed by atoms with Gasteiger partial charge in [0, 0.05) is 24.1 Å². The fourth-order valence-corrected chi connectivity index (χ4v) is 1.87. The van der Waals surface area contributed by atoms with Gasteiger partial charge in [-0.3, -0.25) is 14.9 Å². The van der Waals surface area contributed by atoms with Gasteiger partial charge < -0.3 is 9.84 Å². The quantitative estimate of drug-likeness (QED) is 0.476. The van der Waals surface area contributed by atoms with Gasteiger partial charge in [0.15, 0.2) is 5.78 Å². The van der Waals surface area contributed by atoms with E-state index in [2.05, 4.69) is 0 Å². The number of benzene rings is 2. The lowest BCUT2D eigenvalue weighted by molar-refractivity contribution is -0.385. The van der Waals surface area contributed by atoms with E-state index in [1.807, 2.05) is 0 Å². The molecule has 0 N–H and O–H groups in total. The first-order chi connectivity index (χ1) is 10.0. The lowest BCUT2D eigenvalue weighted by Crippen LogP contribution is -2.07. The van der Waals surface area contributed by atoms with E-state index >= 15 is 0 Å². The fraction of sp³-hybridized carbons (Fsp3) is 0.133. The summed E-state index contributed by atoms with van der Waals surface area (Å²) in [5, 5.41) is 22.4. The van der Waals surface area contributed by atoms with Crippen molar-refractivity contribution >= 4 is 11.5 Å². The Labute approximate surface area is 120 Å². The Hall–Kier alpha value is -2.89. The summed E-state index contributed by atoms with van der Waals surface area (Å²) in [5.41, 5.74) is 0.332. The highest BCUT2D eigenvalue weighted by atomic mass is 16.6. The minimum atomic E-state index is -0.596. The van der Waals surface area contributed by atoms with Crippen LogP contribution in [0.25, 0.3) is 0 Å². The number of nitrogens with zero attached hydrogens (tertiary/aromatic N) is 1. The normalized spacial score (nSPS) is 10.1. The summed E-state index contributed by atoms with van der Waals surface area (Å²) in [7, 11) is 1.52. The third-order valence-electron chi connectivity index (χ3n) is 3.02. The van der Waals surface area contributed by atoms with Crippen LogP contribution >= 0.6 is 0 Å². The van der Waals surface area contributed by atoms with Gasteiger partial charge in [-0.05, 0) is 29.8 Å². The van der Waals surface area contributed by atoms with Crippen molar-refractivity contribution in [1.29, 1.82) is 0 Å². The average molecular weight is 286 g/mol. The van der Waals surface area contributed by atoms with Gasteiger partial charge >= 0.3 is 0 Å². The van der Waals surface area contributed by atoms with Crippen LogP contribution in [0.5, 0.6) is 11.5 Å². The summed E-state index contributed by atoms with van der Waals surface area (Å²) in [6.45, 7) is 0. The molecule has 0 aliphatic heterocycles. The number of rotatable bonds is 5. The van der Waals surface area contributed by atoms with Gasteiger partial charge in [-0.25, -0.2) is 0 Å². The van der Waals surface area contributed by atoms with Gasteiger partial charge in [0.1, 0.15) is 5.75 Å². The van der Waals surface area contributed by atoms with E-state index in [4.69, 9.17) is 4.74 Å². The molecule has 0 amide bonds. The molecule has 0 fully saturated rings. The molecule has 2 aromatic rings. The Morgan fingerprint density at radius 3 is 2.43 bits per heavy atom. The predicted molar refractivity (Wildman–Crippen MR) is 73.6 cm³/mol. The van der Waals surface area contributed by atoms with Crippen LogP contribution in [0.4, 0.5) is 5.69 Å². The van der Waals surface area contributed by atoms with E-state index < -0.39 is 4.92 Å². The molecule has 6 nitrogen and oxygen atoms in total. The first-order valence-electron chi connectivity index (χ1n) is 6.13. The molecule has 0 aromatic heterocycles. The van der Waals surface area contributed by atoms with Gasteiger partial charge in [-0.1, -0.05) is 6.07 Å². The highest BCUT2D eigenvalue weighted by molar-refractivity contribution is 5.97. The molecule has 6 heteroatoms. The second-order valence-electron chi connectivity index (χ2n) is 4.38. The number of ether oxygens (including phenoxy) is 1. The number of hydrogen-bond acceptors (Lipinski definition) is 5. The monoisotopic (exact) mass is 286 g/mol. The largest absolute Gasteiger partial charge is 0.872 e. The number of hydrogen-bond donors (Lipinski definition) is 0. The molecule has 0 saturated heterocycles. The van der Waals surface area contributed by atoms with Crippen LogP contribution in [0.2, 0.25) is 0 Å². The van der Waals surface area contributed by atoms with Crippen molar-refractivity contribution in [2.24, 2.45) is 0 Å². The molecule has 21 heavy (non-hydrogen) atoms. The molecule has 0 aliphatic rings. The number of carbonyl (C=O) groups excluding carboxylic acids is 1. The Balaban J connectivity index is 2.22. The molecule has 0 heterocycles. The van der Waals surface area contributed by atoms with Crippen molar-refractivity contribution in [2.75, 3.05) is 7.11 Å². The van der Waals surface area contributed by atoms with E-state index in [1.54, 1.807) is 24.3 Å². The number of methoxy groups -OCH3 is 1. The maximum Gasteiger partial charge on any atom is 0.269 e. The Morgan fingerprint density at radius 2 is 1.86 bits per heavy atom. The second kappa shape index (κ2) is 6.04. The highest BCUT2D eigenvalue weighted by Gasteiger charge is 2.12. The van der Waals surface area contributed by atoms with Gasteiger partial charge in [0.05, 0.1) is 12.0 Å². The minimum Gasteiger partial charge on any atom is -0.872 e. The highest BCUT2D eigenvalue weighted by Crippen LogP contribution is 2.23. The van der Waals surface area contributed by atoms with Crippen LogP contribution in [-0.2, 0) is 6.42 Å². The van der Waals surface area contributed by atoms with Crippen molar-refractivity contribution in [3.8, 4) is 11.5 Å². The van der Waals surface area contributed by atoms with E-state index in [9.17, 15) is 20.0 Å². The number of carbonyl (C=O) groups is 1. The molecule has 0 bridgehead atoms. The lowest BCUT2D eigenvalue weighted by atomic mass is 10.0. The molecule has 2 aromatic carbocycles. The topological polar surface area (TPSA) is 92.5 Å². The van der Waals surface area contributed by atoms with Crippen molar-refractivity contribution in [1.82, 2.24) is 0 Å². The second-order valence-corrected chi connectivity index (χ2v) is 4.38. The molecule has 0 saturated carbocycles. The number of ketones is 1. The van der Waals surface area contributed by atoms with Crippen LogP contribution in [0.15, 0.2) is 42.5 Å². The molecule has 0 radical (unpaired) electrons. The summed E-state index contributed by atoms with van der Waals surface area (Å²) in [5.74, 6) is -0.0517. The van der Waals surface area contributed by atoms with Gasteiger partial charge in [-0.2, -0.15) is 0 Å². The first-order valence-corrected chi connectivity index (χ1v) is 6.13. The summed E-state index contributed by atoms with van der Waals surface area (Å²) in [6, 6.07) is 9.83. The molecule has 0 spiro atoms. The summed E-state index contributed by atoms with van der Waals surface area (Å²) >= 11 is 0. The maximum absolute atomic E-state index is 12.1. The molecule has 0 aliphatic carbocycles. The molecule has 2 rings (SSSR count). The standard InChI is InChI=1S/C15H13NO5/c1-21-13-5-2-10(3-6-13)15(18)9-11-8-12(16(19)20)4-7-14(11)17/h2-8,17H,9H2,1H3/p-1. The van der Waals surface area contributed by atoms with E-state index in [0.717, 1.165) is 18.2 Å². The lowest BCUT2D eigenvalue weighted by Gasteiger charge is -2.12. The Morgan fingerprint density at radius 1 is 1.19 bits per heavy atom. The summed E-state index contributed by atoms with van der Waals surface area (Å²) < 4.78 is 4.99. The number of non-ortho nitro benzene ring substituents is 1. The summed E-state index contributed by atoms with van der Waals surface area (Å²) in [4.78, 5) is 22.2. The molecule has 0 unspecified atom stereocenters. The molecular formula is C15H12NO5-.